The number of rotatable bonds is 6. The van der Waals surface area contributed by atoms with Crippen LogP contribution in [0.5, 0.6) is 0 Å². The van der Waals surface area contributed by atoms with Gasteiger partial charge in [-0.05, 0) is 30.7 Å². The van der Waals surface area contributed by atoms with Gasteiger partial charge in [-0.3, -0.25) is 10.4 Å². The SMILES string of the molecule is CCC(C(C=Nc1ccccc1F)=NN)c1ccc(C(=N)N)[nH]1. The minimum atomic E-state index is -0.410. The van der Waals surface area contributed by atoms with Crippen molar-refractivity contribution in [1.29, 1.82) is 5.41 Å². The lowest BCUT2D eigenvalue weighted by Crippen LogP contribution is -2.17. The van der Waals surface area contributed by atoms with Gasteiger partial charge in [0.2, 0.25) is 0 Å². The number of benzene rings is 1. The van der Waals surface area contributed by atoms with Gasteiger partial charge in [0.1, 0.15) is 11.7 Å². The van der Waals surface area contributed by atoms with Crippen molar-refractivity contribution in [3.05, 3.63) is 53.6 Å². The molecule has 1 atom stereocenters. The third-order valence-electron chi connectivity index (χ3n) is 3.48. The van der Waals surface area contributed by atoms with Crippen LogP contribution >= 0.6 is 0 Å². The molecule has 1 aromatic carbocycles. The molecular weight excluding hydrogens is 295 g/mol. The second kappa shape index (κ2) is 7.35. The summed E-state index contributed by atoms with van der Waals surface area (Å²) in [5.41, 5.74) is 7.54. The third kappa shape index (κ3) is 3.82. The fourth-order valence-electron chi connectivity index (χ4n) is 2.27. The summed E-state index contributed by atoms with van der Waals surface area (Å²) in [7, 11) is 0. The second-order valence-electron chi connectivity index (χ2n) is 4.97. The topological polar surface area (TPSA) is 116 Å². The standard InChI is InChI=1S/C16H19FN6/c1-2-10(12-7-8-14(22-12)16(18)19)15(23-20)9-21-13-6-4-3-5-11(13)17/h3-10,22H,2,20H2,1H3,(H3,18,19). The number of nitrogen functional groups attached to an aromatic ring is 1. The monoisotopic (exact) mass is 314 g/mol. The van der Waals surface area contributed by atoms with Crippen LogP contribution in [0.4, 0.5) is 10.1 Å². The first-order valence-corrected chi connectivity index (χ1v) is 7.16. The van der Waals surface area contributed by atoms with Crippen LogP contribution in [-0.2, 0) is 0 Å². The summed E-state index contributed by atoms with van der Waals surface area (Å²) in [5, 5.41) is 11.2. The number of hydrazone groups is 1. The predicted molar refractivity (Wildman–Crippen MR) is 91.0 cm³/mol. The van der Waals surface area contributed by atoms with E-state index in [4.69, 9.17) is 17.0 Å². The van der Waals surface area contributed by atoms with E-state index in [-0.39, 0.29) is 17.4 Å². The van der Waals surface area contributed by atoms with Crippen molar-refractivity contribution in [2.75, 3.05) is 0 Å². The fourth-order valence-corrected chi connectivity index (χ4v) is 2.27. The van der Waals surface area contributed by atoms with Crippen molar-refractivity contribution in [1.82, 2.24) is 4.98 Å². The van der Waals surface area contributed by atoms with Crippen LogP contribution in [-0.4, -0.2) is 22.7 Å². The largest absolute Gasteiger partial charge is 0.382 e. The number of nitrogens with one attached hydrogen (secondary N) is 2. The molecule has 1 heterocycles. The van der Waals surface area contributed by atoms with Crippen molar-refractivity contribution in [3.63, 3.8) is 0 Å². The average Bonchev–Trinajstić information content (AvgIpc) is 3.02. The number of aliphatic imine (C=N–C) groups is 1. The molecule has 0 saturated carbocycles. The Morgan fingerprint density at radius 3 is 2.65 bits per heavy atom. The van der Waals surface area contributed by atoms with Crippen molar-refractivity contribution >= 4 is 23.4 Å². The summed E-state index contributed by atoms with van der Waals surface area (Å²) in [4.78, 5) is 7.19. The van der Waals surface area contributed by atoms with Crippen LogP contribution in [0.2, 0.25) is 0 Å². The smallest absolute Gasteiger partial charge is 0.148 e. The lowest BCUT2D eigenvalue weighted by molar-refractivity contribution is 0.630. The normalized spacial score (nSPS) is 13.4. The first kappa shape index (κ1) is 16.4. The van der Waals surface area contributed by atoms with Crippen molar-refractivity contribution in [3.8, 4) is 0 Å². The minimum absolute atomic E-state index is 0.0441. The molecule has 2 aromatic rings. The van der Waals surface area contributed by atoms with E-state index < -0.39 is 5.82 Å². The second-order valence-corrected chi connectivity index (χ2v) is 4.97. The molecule has 0 amide bonds. The Morgan fingerprint density at radius 1 is 1.35 bits per heavy atom. The number of aromatic amines is 1. The van der Waals surface area contributed by atoms with Crippen molar-refractivity contribution in [2.24, 2.45) is 21.7 Å². The summed E-state index contributed by atoms with van der Waals surface area (Å²) in [6.07, 6.45) is 2.16. The van der Waals surface area contributed by atoms with E-state index in [0.29, 0.717) is 17.8 Å². The van der Waals surface area contributed by atoms with Gasteiger partial charge in [-0.1, -0.05) is 19.1 Å². The van der Waals surface area contributed by atoms with Gasteiger partial charge in [-0.25, -0.2) is 4.39 Å². The number of para-hydroxylation sites is 1. The van der Waals surface area contributed by atoms with Gasteiger partial charge in [-0.15, -0.1) is 0 Å². The van der Waals surface area contributed by atoms with E-state index in [0.717, 1.165) is 5.69 Å². The molecular formula is C16H19FN6. The highest BCUT2D eigenvalue weighted by Gasteiger charge is 2.17. The van der Waals surface area contributed by atoms with Crippen LogP contribution in [0.15, 0.2) is 46.5 Å². The molecule has 6 nitrogen and oxygen atoms in total. The quantitative estimate of drug-likeness (QED) is 0.284. The zero-order valence-electron chi connectivity index (χ0n) is 12.8. The number of nitrogens with two attached hydrogens (primary N) is 2. The molecule has 1 aromatic heterocycles. The Bertz CT molecular complexity index is 747. The molecule has 0 aliphatic rings. The number of nitrogens with zero attached hydrogens (tertiary/aromatic N) is 2. The van der Waals surface area contributed by atoms with E-state index in [1.807, 2.05) is 13.0 Å². The zero-order chi connectivity index (χ0) is 16.8. The maximum absolute atomic E-state index is 13.6. The van der Waals surface area contributed by atoms with Crippen molar-refractivity contribution in [2.45, 2.75) is 19.3 Å². The summed E-state index contributed by atoms with van der Waals surface area (Å²) >= 11 is 0. The molecule has 0 saturated heterocycles. The zero-order valence-corrected chi connectivity index (χ0v) is 12.8. The van der Waals surface area contributed by atoms with Gasteiger partial charge in [0.05, 0.1) is 23.3 Å². The Balaban J connectivity index is 2.27. The first-order chi connectivity index (χ1) is 11.1. The molecule has 2 rings (SSSR count). The van der Waals surface area contributed by atoms with Crippen LogP contribution in [0.3, 0.4) is 0 Å². The lowest BCUT2D eigenvalue weighted by atomic mass is 9.97. The Kier molecular flexibility index (Phi) is 5.24. The molecule has 0 spiro atoms. The van der Waals surface area contributed by atoms with Gasteiger partial charge in [0, 0.05) is 11.6 Å². The van der Waals surface area contributed by atoms with Crippen LogP contribution in [0.1, 0.15) is 30.7 Å². The number of H-pyrrole nitrogens is 1. The van der Waals surface area contributed by atoms with E-state index in [9.17, 15) is 4.39 Å². The van der Waals surface area contributed by atoms with Gasteiger partial charge >= 0.3 is 0 Å². The van der Waals surface area contributed by atoms with Gasteiger partial charge in [-0.2, -0.15) is 5.10 Å². The maximum Gasteiger partial charge on any atom is 0.148 e. The first-order valence-electron chi connectivity index (χ1n) is 7.16. The van der Waals surface area contributed by atoms with Crippen molar-refractivity contribution < 1.29 is 4.39 Å². The molecule has 6 N–H and O–H groups in total. The van der Waals surface area contributed by atoms with Gasteiger partial charge < -0.3 is 16.6 Å². The van der Waals surface area contributed by atoms with Crippen LogP contribution < -0.4 is 11.6 Å². The Labute approximate surface area is 133 Å². The number of aromatic nitrogens is 1. The fraction of sp³-hybridized carbons (Fsp3) is 0.188. The highest BCUT2D eigenvalue weighted by molar-refractivity contribution is 6.33. The van der Waals surface area contributed by atoms with E-state index in [1.165, 1.54) is 12.3 Å². The number of hydrogen-bond donors (Lipinski definition) is 4. The van der Waals surface area contributed by atoms with Gasteiger partial charge in [0.25, 0.3) is 0 Å². The summed E-state index contributed by atoms with van der Waals surface area (Å²) in [6.45, 7) is 1.97. The summed E-state index contributed by atoms with van der Waals surface area (Å²) < 4.78 is 13.6. The lowest BCUT2D eigenvalue weighted by Gasteiger charge is -2.12. The number of halogens is 1. The predicted octanol–water partition coefficient (Wildman–Crippen LogP) is 2.65. The molecule has 0 aliphatic heterocycles. The summed E-state index contributed by atoms with van der Waals surface area (Å²) in [5.74, 6) is 4.87. The molecule has 0 bridgehead atoms. The van der Waals surface area contributed by atoms with E-state index in [2.05, 4.69) is 15.1 Å². The van der Waals surface area contributed by atoms with E-state index in [1.54, 1.807) is 24.3 Å². The van der Waals surface area contributed by atoms with Crippen LogP contribution in [0, 0.1) is 11.2 Å². The molecule has 0 fully saturated rings. The Hall–Kier alpha value is -2.96. The molecule has 0 aliphatic carbocycles. The molecule has 1 unspecified atom stereocenters. The molecule has 23 heavy (non-hydrogen) atoms. The highest BCUT2D eigenvalue weighted by Crippen LogP contribution is 2.21. The Morgan fingerprint density at radius 2 is 2.09 bits per heavy atom. The van der Waals surface area contributed by atoms with Gasteiger partial charge in [0.15, 0.2) is 0 Å². The van der Waals surface area contributed by atoms with Crippen LogP contribution in [0.25, 0.3) is 0 Å². The molecule has 7 heteroatoms. The molecule has 0 radical (unpaired) electrons. The highest BCUT2D eigenvalue weighted by atomic mass is 19.1. The molecule has 120 valence electrons. The number of amidine groups is 1. The average molecular weight is 314 g/mol. The number of hydrogen-bond acceptors (Lipinski definition) is 4. The van der Waals surface area contributed by atoms with E-state index >= 15 is 0 Å². The maximum atomic E-state index is 13.6. The summed E-state index contributed by atoms with van der Waals surface area (Å²) in [6, 6.07) is 9.77. The minimum Gasteiger partial charge on any atom is -0.382 e. The third-order valence-corrected chi connectivity index (χ3v) is 3.48.